The lowest BCUT2D eigenvalue weighted by atomic mass is 10.0. The highest BCUT2D eigenvalue weighted by Crippen LogP contribution is 2.14. The Morgan fingerprint density at radius 1 is 0.619 bits per heavy atom. The number of allylic oxidation sites excluding steroid dienone is 4. The van der Waals surface area contributed by atoms with Gasteiger partial charge in [0.25, 0.3) is 0 Å². The van der Waals surface area contributed by atoms with Crippen LogP contribution in [0.3, 0.4) is 0 Å². The van der Waals surface area contributed by atoms with Gasteiger partial charge in [0.05, 0.1) is 0 Å². The summed E-state index contributed by atoms with van der Waals surface area (Å²) in [5.74, 6) is 0.386. The van der Waals surface area contributed by atoms with Gasteiger partial charge in [0, 0.05) is 19.3 Å². The van der Waals surface area contributed by atoms with Crippen molar-refractivity contribution in [3.8, 4) is 0 Å². The van der Waals surface area contributed by atoms with Crippen molar-refractivity contribution in [1.82, 2.24) is 0 Å². The van der Waals surface area contributed by atoms with Crippen LogP contribution in [0.4, 0.5) is 0 Å². The first-order valence-electron chi connectivity index (χ1n) is 17.2. The van der Waals surface area contributed by atoms with Gasteiger partial charge in [-0.1, -0.05) is 129 Å². The number of aliphatic hydroxyl groups excluding tert-OH is 1. The third kappa shape index (κ3) is 31.0. The lowest BCUT2D eigenvalue weighted by molar-refractivity contribution is -0.152. The standard InChI is InChI=1S/C36H64O6/c1-4-5-20-26-33(37)27-22-17-13-9-7-11-15-19-24-29-36(40)42-31-34(38)30-41-35(39)28-23-18-14-10-6-8-12-16-21-25-32(2)3/h13,17,22,27,32,34,38H,4-12,14-16,18-21,23-26,28-31H2,1-3H3/b17-13-,27-22+/t34-/m1/s1. The quantitative estimate of drug-likeness (QED) is 0.0387. The molecule has 0 aromatic rings. The molecule has 244 valence electrons. The van der Waals surface area contributed by atoms with E-state index in [0.29, 0.717) is 19.3 Å². The van der Waals surface area contributed by atoms with E-state index < -0.39 is 6.10 Å². The molecule has 0 aliphatic heterocycles. The molecule has 0 fully saturated rings. The third-order valence-corrected chi connectivity index (χ3v) is 7.34. The summed E-state index contributed by atoms with van der Waals surface area (Å²) < 4.78 is 10.2. The molecule has 6 heteroatoms. The number of hydrogen-bond donors (Lipinski definition) is 1. The maximum Gasteiger partial charge on any atom is 0.305 e. The predicted octanol–water partition coefficient (Wildman–Crippen LogP) is 9.37. The molecule has 1 atom stereocenters. The van der Waals surface area contributed by atoms with Crippen LogP contribution in [-0.4, -0.2) is 42.1 Å². The molecule has 0 bridgehead atoms. The van der Waals surface area contributed by atoms with Gasteiger partial charge in [-0.3, -0.25) is 14.4 Å². The van der Waals surface area contributed by atoms with Crippen LogP contribution in [0.2, 0.25) is 0 Å². The molecule has 0 saturated heterocycles. The lowest BCUT2D eigenvalue weighted by Gasteiger charge is -2.12. The van der Waals surface area contributed by atoms with Gasteiger partial charge in [-0.15, -0.1) is 0 Å². The second-order valence-corrected chi connectivity index (χ2v) is 12.2. The van der Waals surface area contributed by atoms with Gasteiger partial charge in [0.15, 0.2) is 5.78 Å². The summed E-state index contributed by atoms with van der Waals surface area (Å²) in [7, 11) is 0. The van der Waals surface area contributed by atoms with Crippen molar-refractivity contribution >= 4 is 17.7 Å². The van der Waals surface area contributed by atoms with E-state index in [-0.39, 0.29) is 30.9 Å². The second-order valence-electron chi connectivity index (χ2n) is 12.2. The highest BCUT2D eigenvalue weighted by molar-refractivity contribution is 5.89. The highest BCUT2D eigenvalue weighted by Gasteiger charge is 2.12. The Bertz CT molecular complexity index is 712. The van der Waals surface area contributed by atoms with E-state index in [9.17, 15) is 19.5 Å². The van der Waals surface area contributed by atoms with Crippen LogP contribution in [0.15, 0.2) is 24.3 Å². The first-order chi connectivity index (χ1) is 20.3. The number of unbranched alkanes of at least 4 members (excludes halogenated alkanes) is 15. The molecule has 0 aliphatic carbocycles. The van der Waals surface area contributed by atoms with Gasteiger partial charge in [0.1, 0.15) is 19.3 Å². The first kappa shape index (κ1) is 40.1. The zero-order valence-electron chi connectivity index (χ0n) is 27.4. The third-order valence-electron chi connectivity index (χ3n) is 7.34. The van der Waals surface area contributed by atoms with Crippen molar-refractivity contribution in [2.75, 3.05) is 13.2 Å². The molecule has 0 aromatic heterocycles. The summed E-state index contributed by atoms with van der Waals surface area (Å²) in [6, 6.07) is 0. The van der Waals surface area contributed by atoms with Gasteiger partial charge in [-0.25, -0.2) is 0 Å². The molecule has 0 unspecified atom stereocenters. The van der Waals surface area contributed by atoms with E-state index in [2.05, 4.69) is 26.8 Å². The first-order valence-corrected chi connectivity index (χ1v) is 17.2. The molecule has 0 amide bonds. The van der Waals surface area contributed by atoms with E-state index in [1.807, 2.05) is 12.2 Å². The SMILES string of the molecule is CCCCCC(=O)/C=C/C=C\CCCCCCCC(=O)OC[C@H](O)COC(=O)CCCCCCCCCCCC(C)C. The van der Waals surface area contributed by atoms with Crippen LogP contribution in [0.25, 0.3) is 0 Å². The van der Waals surface area contributed by atoms with Crippen LogP contribution in [0.5, 0.6) is 0 Å². The van der Waals surface area contributed by atoms with E-state index in [1.54, 1.807) is 6.08 Å². The minimum atomic E-state index is -0.986. The molecule has 0 heterocycles. The van der Waals surface area contributed by atoms with E-state index >= 15 is 0 Å². The van der Waals surface area contributed by atoms with Crippen molar-refractivity contribution in [2.24, 2.45) is 5.92 Å². The Hall–Kier alpha value is -1.95. The molecule has 42 heavy (non-hydrogen) atoms. The zero-order valence-corrected chi connectivity index (χ0v) is 27.4. The van der Waals surface area contributed by atoms with E-state index in [4.69, 9.17) is 9.47 Å². The number of ether oxygens (including phenoxy) is 2. The van der Waals surface area contributed by atoms with Gasteiger partial charge < -0.3 is 14.6 Å². The fourth-order valence-corrected chi connectivity index (χ4v) is 4.66. The number of hydrogen-bond acceptors (Lipinski definition) is 6. The maximum atomic E-state index is 11.9. The topological polar surface area (TPSA) is 89.9 Å². The molecule has 0 aromatic carbocycles. The molecule has 0 spiro atoms. The molecule has 0 rings (SSSR count). The molecule has 6 nitrogen and oxygen atoms in total. The summed E-state index contributed by atoms with van der Waals surface area (Å²) in [6.45, 7) is 6.42. The molecular formula is C36H64O6. The van der Waals surface area contributed by atoms with Gasteiger partial charge in [0.2, 0.25) is 0 Å². The molecule has 0 aliphatic rings. The van der Waals surface area contributed by atoms with Crippen LogP contribution < -0.4 is 0 Å². The lowest BCUT2D eigenvalue weighted by Crippen LogP contribution is -2.25. The monoisotopic (exact) mass is 592 g/mol. The zero-order chi connectivity index (χ0) is 31.1. The van der Waals surface area contributed by atoms with Crippen LogP contribution >= 0.6 is 0 Å². The van der Waals surface area contributed by atoms with Gasteiger partial charge in [-0.05, 0) is 44.1 Å². The predicted molar refractivity (Wildman–Crippen MR) is 173 cm³/mol. The second kappa shape index (κ2) is 30.5. The van der Waals surface area contributed by atoms with E-state index in [1.165, 1.54) is 44.9 Å². The number of carbonyl (C=O) groups excluding carboxylic acids is 3. The van der Waals surface area contributed by atoms with Crippen LogP contribution in [-0.2, 0) is 23.9 Å². The number of ketones is 1. The highest BCUT2D eigenvalue weighted by atomic mass is 16.6. The summed E-state index contributed by atoms with van der Waals surface area (Å²) in [4.78, 5) is 35.4. The number of aliphatic hydroxyl groups is 1. The number of rotatable bonds is 30. The Morgan fingerprint density at radius 2 is 1.10 bits per heavy atom. The minimum absolute atomic E-state index is 0.136. The van der Waals surface area contributed by atoms with Crippen molar-refractivity contribution in [1.29, 1.82) is 0 Å². The Labute approximate surface area is 258 Å². The fraction of sp³-hybridized carbons (Fsp3) is 0.806. The normalized spacial score (nSPS) is 12.4. The minimum Gasteiger partial charge on any atom is -0.463 e. The molecule has 0 saturated carbocycles. The number of esters is 2. The average molecular weight is 593 g/mol. The van der Waals surface area contributed by atoms with Crippen LogP contribution in [0.1, 0.15) is 162 Å². The van der Waals surface area contributed by atoms with Gasteiger partial charge in [-0.2, -0.15) is 0 Å². The summed E-state index contributed by atoms with van der Waals surface area (Å²) in [5.41, 5.74) is 0. The summed E-state index contributed by atoms with van der Waals surface area (Å²) in [6.07, 6.45) is 29.2. The number of carbonyl (C=O) groups is 3. The fourth-order valence-electron chi connectivity index (χ4n) is 4.66. The Balaban J connectivity index is 3.53. The molecule has 0 radical (unpaired) electrons. The van der Waals surface area contributed by atoms with Crippen molar-refractivity contribution in [3.05, 3.63) is 24.3 Å². The smallest absolute Gasteiger partial charge is 0.305 e. The largest absolute Gasteiger partial charge is 0.463 e. The van der Waals surface area contributed by atoms with Crippen molar-refractivity contribution in [3.63, 3.8) is 0 Å². The van der Waals surface area contributed by atoms with Crippen LogP contribution in [0, 0.1) is 5.92 Å². The molecule has 1 N–H and O–H groups in total. The van der Waals surface area contributed by atoms with E-state index in [0.717, 1.165) is 83.0 Å². The Morgan fingerprint density at radius 3 is 1.62 bits per heavy atom. The summed E-state index contributed by atoms with van der Waals surface area (Å²) in [5, 5.41) is 9.96. The van der Waals surface area contributed by atoms with Crippen molar-refractivity contribution < 1.29 is 29.0 Å². The summed E-state index contributed by atoms with van der Waals surface area (Å²) >= 11 is 0. The molecular weight excluding hydrogens is 528 g/mol. The average Bonchev–Trinajstić information content (AvgIpc) is 2.96. The Kier molecular flexibility index (Phi) is 29.1. The van der Waals surface area contributed by atoms with Crippen molar-refractivity contribution in [2.45, 2.75) is 168 Å². The van der Waals surface area contributed by atoms with Gasteiger partial charge >= 0.3 is 11.9 Å². The maximum absolute atomic E-state index is 11.9.